The summed E-state index contributed by atoms with van der Waals surface area (Å²) in [5.74, 6) is -0.0467. The Bertz CT molecular complexity index is 513. The number of amides is 2. The molecular weight excluding hydrogens is 383 g/mol. The molecule has 5 nitrogen and oxygen atoms in total. The van der Waals surface area contributed by atoms with Crippen molar-refractivity contribution in [3.8, 4) is 0 Å². The predicted molar refractivity (Wildman–Crippen MR) is 88.2 cm³/mol. The maximum atomic E-state index is 12.2. The number of piperidine rings is 1. The Morgan fingerprint density at radius 1 is 1.33 bits per heavy atom. The van der Waals surface area contributed by atoms with Crippen molar-refractivity contribution in [1.29, 1.82) is 0 Å². The van der Waals surface area contributed by atoms with Crippen LogP contribution in [-0.4, -0.2) is 42.6 Å². The molecule has 0 atom stereocenters. The molecule has 1 N–H and O–H groups in total. The summed E-state index contributed by atoms with van der Waals surface area (Å²) in [7, 11) is 0. The maximum Gasteiger partial charge on any atom is 0.409 e. The van der Waals surface area contributed by atoms with Gasteiger partial charge in [-0.2, -0.15) is 0 Å². The summed E-state index contributed by atoms with van der Waals surface area (Å²) in [6, 6.07) is 7.62. The third-order valence-electron chi connectivity index (χ3n) is 3.47. The molecule has 0 unspecified atom stereocenters. The largest absolute Gasteiger partial charge is 0.450 e. The number of nitrogens with one attached hydrogen (secondary N) is 1. The molecule has 114 valence electrons. The SMILES string of the molecule is CCOC(=O)N1CCC(NC(=O)c2ccccc2I)CC1. The predicted octanol–water partition coefficient (Wildman–Crippen LogP) is 2.64. The van der Waals surface area contributed by atoms with Gasteiger partial charge in [0.25, 0.3) is 5.91 Å². The van der Waals surface area contributed by atoms with Crippen molar-refractivity contribution in [1.82, 2.24) is 10.2 Å². The summed E-state index contributed by atoms with van der Waals surface area (Å²) in [5.41, 5.74) is 0.700. The van der Waals surface area contributed by atoms with E-state index in [1.807, 2.05) is 24.3 Å². The number of ether oxygens (including phenoxy) is 1. The third kappa shape index (κ3) is 4.33. The first kappa shape index (κ1) is 16.1. The van der Waals surface area contributed by atoms with Gasteiger partial charge in [-0.05, 0) is 54.5 Å². The molecule has 1 heterocycles. The highest BCUT2D eigenvalue weighted by molar-refractivity contribution is 14.1. The summed E-state index contributed by atoms with van der Waals surface area (Å²) in [4.78, 5) is 25.5. The molecule has 0 aliphatic carbocycles. The Kier molecular flexibility index (Phi) is 5.84. The van der Waals surface area contributed by atoms with Gasteiger partial charge in [-0.15, -0.1) is 0 Å². The van der Waals surface area contributed by atoms with Crippen LogP contribution in [0.5, 0.6) is 0 Å². The zero-order valence-corrected chi connectivity index (χ0v) is 14.1. The van der Waals surface area contributed by atoms with Crippen molar-refractivity contribution < 1.29 is 14.3 Å². The van der Waals surface area contributed by atoms with Crippen molar-refractivity contribution in [3.63, 3.8) is 0 Å². The fraction of sp³-hybridized carbons (Fsp3) is 0.467. The van der Waals surface area contributed by atoms with Gasteiger partial charge >= 0.3 is 6.09 Å². The Labute approximate surface area is 138 Å². The van der Waals surface area contributed by atoms with Gasteiger partial charge in [-0.3, -0.25) is 4.79 Å². The quantitative estimate of drug-likeness (QED) is 0.792. The molecule has 0 aromatic heterocycles. The van der Waals surface area contributed by atoms with Crippen LogP contribution in [0.25, 0.3) is 0 Å². The number of nitrogens with zero attached hydrogens (tertiary/aromatic N) is 1. The number of rotatable bonds is 3. The molecular formula is C15H19IN2O3. The standard InChI is InChI=1S/C15H19IN2O3/c1-2-21-15(20)18-9-7-11(8-10-18)17-14(19)12-5-3-4-6-13(12)16/h3-6,11H,2,7-10H2,1H3,(H,17,19). The molecule has 2 rings (SSSR count). The smallest absolute Gasteiger partial charge is 0.409 e. The number of carbonyl (C=O) groups excluding carboxylic acids is 2. The minimum Gasteiger partial charge on any atom is -0.450 e. The Morgan fingerprint density at radius 3 is 2.62 bits per heavy atom. The fourth-order valence-corrected chi connectivity index (χ4v) is 2.96. The van der Waals surface area contributed by atoms with Gasteiger partial charge in [-0.1, -0.05) is 12.1 Å². The minimum atomic E-state index is -0.264. The molecule has 0 saturated carbocycles. The van der Waals surface area contributed by atoms with E-state index in [-0.39, 0.29) is 18.0 Å². The summed E-state index contributed by atoms with van der Waals surface area (Å²) in [5, 5.41) is 3.04. The number of hydrogen-bond donors (Lipinski definition) is 1. The first-order valence-electron chi connectivity index (χ1n) is 7.09. The van der Waals surface area contributed by atoms with Gasteiger partial charge < -0.3 is 15.0 Å². The molecule has 0 radical (unpaired) electrons. The fourth-order valence-electron chi connectivity index (χ4n) is 2.33. The van der Waals surface area contributed by atoms with Crippen LogP contribution in [0.3, 0.4) is 0 Å². The molecule has 1 fully saturated rings. The van der Waals surface area contributed by atoms with Gasteiger partial charge in [0.05, 0.1) is 12.2 Å². The average molecular weight is 402 g/mol. The highest BCUT2D eigenvalue weighted by Crippen LogP contribution is 2.15. The van der Waals surface area contributed by atoms with Gasteiger partial charge in [-0.25, -0.2) is 4.79 Å². The number of benzene rings is 1. The van der Waals surface area contributed by atoms with Gasteiger partial charge in [0, 0.05) is 22.7 Å². The van der Waals surface area contributed by atoms with E-state index in [0.717, 1.165) is 16.4 Å². The van der Waals surface area contributed by atoms with Crippen LogP contribution in [0.15, 0.2) is 24.3 Å². The monoisotopic (exact) mass is 402 g/mol. The van der Waals surface area contributed by atoms with Crippen LogP contribution >= 0.6 is 22.6 Å². The van der Waals surface area contributed by atoms with Crippen LogP contribution in [0.4, 0.5) is 4.79 Å². The Balaban J connectivity index is 1.85. The van der Waals surface area contributed by atoms with Crippen molar-refractivity contribution in [2.75, 3.05) is 19.7 Å². The highest BCUT2D eigenvalue weighted by Gasteiger charge is 2.25. The molecule has 1 saturated heterocycles. The number of halogens is 1. The van der Waals surface area contributed by atoms with Crippen molar-refractivity contribution in [2.24, 2.45) is 0 Å². The van der Waals surface area contributed by atoms with Gasteiger partial charge in [0.15, 0.2) is 0 Å². The second kappa shape index (κ2) is 7.63. The Morgan fingerprint density at radius 2 is 2.00 bits per heavy atom. The molecule has 1 aliphatic rings. The Hall–Kier alpha value is -1.31. The zero-order chi connectivity index (χ0) is 15.2. The molecule has 21 heavy (non-hydrogen) atoms. The van der Waals surface area contributed by atoms with E-state index < -0.39 is 0 Å². The van der Waals surface area contributed by atoms with Crippen molar-refractivity contribution in [2.45, 2.75) is 25.8 Å². The van der Waals surface area contributed by atoms with E-state index in [2.05, 4.69) is 27.9 Å². The average Bonchev–Trinajstić information content (AvgIpc) is 2.48. The van der Waals surface area contributed by atoms with Gasteiger partial charge in [0.2, 0.25) is 0 Å². The second-order valence-electron chi connectivity index (χ2n) is 4.91. The zero-order valence-electron chi connectivity index (χ0n) is 12.0. The van der Waals surface area contributed by atoms with E-state index in [4.69, 9.17) is 4.74 Å². The summed E-state index contributed by atoms with van der Waals surface area (Å²) in [6.45, 7) is 3.43. The normalized spacial score (nSPS) is 15.6. The van der Waals surface area contributed by atoms with E-state index in [9.17, 15) is 9.59 Å². The molecule has 2 amide bonds. The lowest BCUT2D eigenvalue weighted by Crippen LogP contribution is -2.46. The summed E-state index contributed by atoms with van der Waals surface area (Å²) in [6.07, 6.45) is 1.25. The van der Waals surface area contributed by atoms with Crippen LogP contribution in [0, 0.1) is 3.57 Å². The lowest BCUT2D eigenvalue weighted by atomic mass is 10.0. The second-order valence-corrected chi connectivity index (χ2v) is 6.08. The molecule has 1 aromatic rings. The first-order chi connectivity index (χ1) is 10.1. The topological polar surface area (TPSA) is 58.6 Å². The van der Waals surface area contributed by atoms with Crippen LogP contribution in [0.2, 0.25) is 0 Å². The number of likely N-dealkylation sites (tertiary alicyclic amines) is 1. The van der Waals surface area contributed by atoms with Crippen LogP contribution < -0.4 is 5.32 Å². The lowest BCUT2D eigenvalue weighted by molar-refractivity contribution is 0.0859. The highest BCUT2D eigenvalue weighted by atomic mass is 127. The summed E-state index contributed by atoms with van der Waals surface area (Å²) >= 11 is 2.16. The minimum absolute atomic E-state index is 0.0467. The number of hydrogen-bond acceptors (Lipinski definition) is 3. The molecule has 0 spiro atoms. The van der Waals surface area contributed by atoms with Crippen molar-refractivity contribution >= 4 is 34.6 Å². The van der Waals surface area contributed by atoms with E-state index in [1.54, 1.807) is 11.8 Å². The summed E-state index contributed by atoms with van der Waals surface area (Å²) < 4.78 is 5.92. The molecule has 0 bridgehead atoms. The van der Waals surface area contributed by atoms with Crippen LogP contribution in [-0.2, 0) is 4.74 Å². The van der Waals surface area contributed by atoms with E-state index in [0.29, 0.717) is 25.3 Å². The molecule has 6 heteroatoms. The molecule has 1 aliphatic heterocycles. The lowest BCUT2D eigenvalue weighted by Gasteiger charge is -2.31. The van der Waals surface area contributed by atoms with Crippen LogP contribution in [0.1, 0.15) is 30.1 Å². The number of carbonyl (C=O) groups is 2. The van der Waals surface area contributed by atoms with E-state index >= 15 is 0 Å². The van der Waals surface area contributed by atoms with Crippen molar-refractivity contribution in [3.05, 3.63) is 33.4 Å². The first-order valence-corrected chi connectivity index (χ1v) is 8.16. The molecule has 1 aromatic carbocycles. The maximum absolute atomic E-state index is 12.2. The van der Waals surface area contributed by atoms with E-state index in [1.165, 1.54) is 0 Å². The third-order valence-corrected chi connectivity index (χ3v) is 4.42. The van der Waals surface area contributed by atoms with Gasteiger partial charge in [0.1, 0.15) is 0 Å².